The molecule has 0 fully saturated rings. The van der Waals surface area contributed by atoms with E-state index in [4.69, 9.17) is 9.52 Å². The Kier molecular flexibility index (Phi) is 3.87. The number of fused-ring (bicyclic) bond motifs is 2. The zero-order valence-corrected chi connectivity index (χ0v) is 16.4. The van der Waals surface area contributed by atoms with Crippen molar-refractivity contribution in [3.8, 4) is 0 Å². The zero-order valence-electron chi connectivity index (χ0n) is 16.4. The van der Waals surface area contributed by atoms with Crippen LogP contribution < -0.4 is 0 Å². The first-order chi connectivity index (χ1) is 12.8. The molecule has 0 aliphatic rings. The molecule has 1 aromatic carbocycles. The van der Waals surface area contributed by atoms with Crippen molar-refractivity contribution < 1.29 is 4.42 Å². The van der Waals surface area contributed by atoms with Crippen LogP contribution in [-0.4, -0.2) is 24.4 Å². The summed E-state index contributed by atoms with van der Waals surface area (Å²) < 4.78 is 9.33. The van der Waals surface area contributed by atoms with Gasteiger partial charge in [-0.2, -0.15) is 19.7 Å². The number of hydrogen-bond acceptors (Lipinski definition) is 6. The number of para-hydroxylation sites is 2. The molecule has 0 aliphatic heterocycles. The third-order valence-corrected chi connectivity index (χ3v) is 4.36. The van der Waals surface area contributed by atoms with Gasteiger partial charge >= 0.3 is 6.01 Å². The lowest BCUT2D eigenvalue weighted by Gasteiger charge is -2.15. The van der Waals surface area contributed by atoms with Gasteiger partial charge in [0.1, 0.15) is 5.52 Å². The second kappa shape index (κ2) is 6.00. The van der Waals surface area contributed by atoms with Gasteiger partial charge in [-0.3, -0.25) is 0 Å². The minimum atomic E-state index is -0.198. The average Bonchev–Trinajstić information content (AvgIpc) is 3.25. The summed E-state index contributed by atoms with van der Waals surface area (Å²) in [5.74, 6) is 1.13. The summed E-state index contributed by atoms with van der Waals surface area (Å²) in [7, 11) is 1.90. The summed E-state index contributed by atoms with van der Waals surface area (Å²) in [6, 6.07) is 7.77. The number of oxazole rings is 1. The quantitative estimate of drug-likeness (QED) is 0.476. The molecule has 4 aromatic rings. The van der Waals surface area contributed by atoms with Crippen LogP contribution >= 0.6 is 0 Å². The van der Waals surface area contributed by atoms with E-state index < -0.39 is 0 Å². The highest BCUT2D eigenvalue weighted by molar-refractivity contribution is 5.73. The highest BCUT2D eigenvalue weighted by Gasteiger charge is 2.28. The summed E-state index contributed by atoms with van der Waals surface area (Å²) >= 11 is 0. The molecule has 8 nitrogen and oxygen atoms in total. The van der Waals surface area contributed by atoms with Gasteiger partial charge in [0.25, 0.3) is 0 Å². The normalized spacial score (nSPS) is 13.0. The molecular weight excluding hydrogens is 342 g/mol. The minimum absolute atomic E-state index is 0.198. The van der Waals surface area contributed by atoms with Crippen molar-refractivity contribution >= 4 is 28.4 Å². The van der Waals surface area contributed by atoms with Crippen LogP contribution in [0.5, 0.6) is 0 Å². The number of azo groups is 1. The van der Waals surface area contributed by atoms with Gasteiger partial charge in [-0.1, -0.05) is 51.9 Å². The van der Waals surface area contributed by atoms with Crippen LogP contribution in [-0.2, 0) is 12.5 Å². The van der Waals surface area contributed by atoms with E-state index in [-0.39, 0.29) is 17.3 Å². The van der Waals surface area contributed by atoms with Gasteiger partial charge in [0.05, 0.1) is 5.69 Å². The standard InChI is InChI=1S/C19H23N7O/c1-11(2)16-24-25(6)17-14(15(19(3,4)5)23-26(16)17)21-22-18-20-12-9-7-8-10-13(12)27-18/h7-11H,1-6H3. The van der Waals surface area contributed by atoms with Crippen molar-refractivity contribution in [1.82, 2.24) is 24.4 Å². The molecule has 0 saturated carbocycles. The van der Waals surface area contributed by atoms with Gasteiger partial charge in [-0.25, -0.2) is 4.68 Å². The van der Waals surface area contributed by atoms with Gasteiger partial charge in [0.15, 0.2) is 22.7 Å². The largest absolute Gasteiger partial charge is 0.421 e. The van der Waals surface area contributed by atoms with Crippen LogP contribution in [0.2, 0.25) is 0 Å². The number of benzene rings is 1. The molecule has 0 atom stereocenters. The van der Waals surface area contributed by atoms with Crippen molar-refractivity contribution in [2.75, 3.05) is 0 Å². The molecule has 3 heterocycles. The molecule has 0 radical (unpaired) electrons. The predicted octanol–water partition coefficient (Wildman–Crippen LogP) is 5.05. The second-order valence-corrected chi connectivity index (χ2v) is 7.98. The van der Waals surface area contributed by atoms with Crippen molar-refractivity contribution in [3.63, 3.8) is 0 Å². The van der Waals surface area contributed by atoms with E-state index in [0.29, 0.717) is 11.3 Å². The Labute approximate surface area is 156 Å². The van der Waals surface area contributed by atoms with Crippen LogP contribution in [0, 0.1) is 0 Å². The molecule has 0 N–H and O–H groups in total. The number of aryl methyl sites for hydroxylation is 1. The monoisotopic (exact) mass is 365 g/mol. The molecule has 0 unspecified atom stereocenters. The van der Waals surface area contributed by atoms with E-state index in [1.807, 2.05) is 35.8 Å². The van der Waals surface area contributed by atoms with Crippen LogP contribution in [0.4, 0.5) is 11.7 Å². The smallest absolute Gasteiger partial charge is 0.341 e. The van der Waals surface area contributed by atoms with Gasteiger partial charge < -0.3 is 4.42 Å². The maximum atomic E-state index is 5.66. The van der Waals surface area contributed by atoms with E-state index in [1.165, 1.54) is 0 Å². The molecule has 4 rings (SSSR count). The Morgan fingerprint density at radius 1 is 1.07 bits per heavy atom. The van der Waals surface area contributed by atoms with E-state index in [9.17, 15) is 0 Å². The molecular formula is C19H23N7O. The molecule has 8 heteroatoms. The fourth-order valence-electron chi connectivity index (χ4n) is 3.05. The Bertz CT molecular complexity index is 1120. The fourth-order valence-corrected chi connectivity index (χ4v) is 3.05. The fraction of sp³-hybridized carbons (Fsp3) is 0.421. The van der Waals surface area contributed by atoms with E-state index in [2.05, 4.69) is 54.9 Å². The van der Waals surface area contributed by atoms with E-state index >= 15 is 0 Å². The van der Waals surface area contributed by atoms with Crippen LogP contribution in [0.25, 0.3) is 16.7 Å². The molecule has 140 valence electrons. The predicted molar refractivity (Wildman–Crippen MR) is 103 cm³/mol. The van der Waals surface area contributed by atoms with Crippen molar-refractivity contribution in [3.05, 3.63) is 35.8 Å². The van der Waals surface area contributed by atoms with Gasteiger partial charge in [0.2, 0.25) is 0 Å². The number of hydrogen-bond donors (Lipinski definition) is 0. The molecule has 0 saturated heterocycles. The third kappa shape index (κ3) is 2.90. The molecule has 0 amide bonds. The summed E-state index contributed by atoms with van der Waals surface area (Å²) in [6.07, 6.45) is 0. The zero-order chi connectivity index (χ0) is 19.3. The summed E-state index contributed by atoms with van der Waals surface area (Å²) in [6.45, 7) is 10.5. The van der Waals surface area contributed by atoms with E-state index in [1.54, 1.807) is 4.68 Å². The SMILES string of the molecule is CC(C)c1nn(C)c2c(N=Nc3nc4ccccc4o3)c(C(C)(C)C)nn12. The first kappa shape index (κ1) is 17.4. The topological polar surface area (TPSA) is 85.9 Å². The van der Waals surface area contributed by atoms with Gasteiger partial charge in [-0.15, -0.1) is 5.11 Å². The summed E-state index contributed by atoms with van der Waals surface area (Å²) in [5.41, 5.74) is 3.60. The Hall–Kier alpha value is -3.03. The minimum Gasteiger partial charge on any atom is -0.421 e. The van der Waals surface area contributed by atoms with Crippen molar-refractivity contribution in [1.29, 1.82) is 0 Å². The van der Waals surface area contributed by atoms with Gasteiger partial charge in [-0.05, 0) is 12.1 Å². The number of nitrogens with zero attached hydrogens (tertiary/aromatic N) is 7. The Balaban J connectivity index is 1.88. The maximum absolute atomic E-state index is 5.66. The lowest BCUT2D eigenvalue weighted by molar-refractivity contribution is 0.557. The first-order valence-corrected chi connectivity index (χ1v) is 8.99. The first-order valence-electron chi connectivity index (χ1n) is 8.99. The van der Waals surface area contributed by atoms with Crippen molar-refractivity contribution in [2.24, 2.45) is 17.3 Å². The molecule has 3 aromatic heterocycles. The molecule has 0 spiro atoms. The molecule has 0 aliphatic carbocycles. The Morgan fingerprint density at radius 2 is 1.81 bits per heavy atom. The second-order valence-electron chi connectivity index (χ2n) is 7.98. The van der Waals surface area contributed by atoms with Crippen molar-refractivity contribution in [2.45, 2.75) is 46.0 Å². The molecule has 0 bridgehead atoms. The van der Waals surface area contributed by atoms with Crippen LogP contribution in [0.3, 0.4) is 0 Å². The van der Waals surface area contributed by atoms with E-state index in [0.717, 1.165) is 22.7 Å². The van der Waals surface area contributed by atoms with Crippen LogP contribution in [0.15, 0.2) is 38.9 Å². The lowest BCUT2D eigenvalue weighted by atomic mass is 9.91. The molecule has 27 heavy (non-hydrogen) atoms. The highest BCUT2D eigenvalue weighted by atomic mass is 16.4. The Morgan fingerprint density at radius 3 is 2.48 bits per heavy atom. The average molecular weight is 365 g/mol. The number of rotatable bonds is 3. The van der Waals surface area contributed by atoms with Gasteiger partial charge in [0, 0.05) is 18.4 Å². The third-order valence-electron chi connectivity index (χ3n) is 4.36. The lowest BCUT2D eigenvalue weighted by Crippen LogP contribution is -2.13. The summed E-state index contributed by atoms with van der Waals surface area (Å²) in [5, 5.41) is 18.2. The van der Waals surface area contributed by atoms with Crippen LogP contribution in [0.1, 0.15) is 52.1 Å². The number of aromatic nitrogens is 5. The highest BCUT2D eigenvalue weighted by Crippen LogP contribution is 2.36. The summed E-state index contributed by atoms with van der Waals surface area (Å²) in [4.78, 5) is 4.36. The maximum Gasteiger partial charge on any atom is 0.341 e.